The number of hydrogen-bond donors (Lipinski definition) is 1. The molecule has 21 heavy (non-hydrogen) atoms. The summed E-state index contributed by atoms with van der Waals surface area (Å²) >= 11 is 5.85. The Labute approximate surface area is 129 Å². The summed E-state index contributed by atoms with van der Waals surface area (Å²) in [6.07, 6.45) is 1.66. The van der Waals surface area contributed by atoms with Gasteiger partial charge in [-0.3, -0.25) is 4.79 Å². The number of nitrogens with zero attached hydrogens (tertiary/aromatic N) is 1. The molecule has 108 valence electrons. The Bertz CT molecular complexity index is 708. The average Bonchev–Trinajstić information content (AvgIpc) is 2.47. The molecule has 0 aromatic heterocycles. The van der Waals surface area contributed by atoms with Gasteiger partial charge in [-0.2, -0.15) is 5.10 Å². The molecule has 2 aromatic rings. The van der Waals surface area contributed by atoms with E-state index in [4.69, 9.17) is 11.6 Å². The number of nitrogens with one attached hydrogen (secondary N) is 1. The molecule has 1 N–H and O–H groups in total. The van der Waals surface area contributed by atoms with E-state index in [-0.39, 0.29) is 5.91 Å². The van der Waals surface area contributed by atoms with Gasteiger partial charge in [0.15, 0.2) is 0 Å². The van der Waals surface area contributed by atoms with Gasteiger partial charge in [-0.1, -0.05) is 29.8 Å². The van der Waals surface area contributed by atoms with Crippen LogP contribution in [0, 0.1) is 20.8 Å². The van der Waals surface area contributed by atoms with Crippen LogP contribution < -0.4 is 5.43 Å². The molecule has 2 aromatic carbocycles. The van der Waals surface area contributed by atoms with Gasteiger partial charge < -0.3 is 0 Å². The number of hydrogen-bond acceptors (Lipinski definition) is 2. The SMILES string of the molecule is Cc1ccc(/C=N\NC(=O)c2cccc(Cl)c2)c(C)c1C. The fraction of sp³-hybridized carbons (Fsp3) is 0.176. The molecule has 0 bridgehead atoms. The van der Waals surface area contributed by atoms with E-state index in [1.54, 1.807) is 30.5 Å². The molecular formula is C17H17ClN2O. The second-order valence-corrected chi connectivity index (χ2v) is 5.37. The zero-order valence-electron chi connectivity index (χ0n) is 12.3. The standard InChI is InChI=1S/C17H17ClN2O/c1-11-7-8-15(13(3)12(11)2)10-19-20-17(21)14-5-4-6-16(18)9-14/h4-10H,1-3H3,(H,20,21)/b19-10-. The molecule has 0 fully saturated rings. The smallest absolute Gasteiger partial charge is 0.267 e. The van der Waals surface area contributed by atoms with Crippen molar-refractivity contribution >= 4 is 23.7 Å². The third-order valence-electron chi connectivity index (χ3n) is 3.56. The highest BCUT2D eigenvalue weighted by Crippen LogP contribution is 2.15. The number of hydrazone groups is 1. The van der Waals surface area contributed by atoms with Crippen LogP contribution in [0.3, 0.4) is 0 Å². The fourth-order valence-corrected chi connectivity index (χ4v) is 2.16. The van der Waals surface area contributed by atoms with E-state index >= 15 is 0 Å². The van der Waals surface area contributed by atoms with Gasteiger partial charge in [-0.25, -0.2) is 5.43 Å². The Morgan fingerprint density at radius 2 is 1.90 bits per heavy atom. The monoisotopic (exact) mass is 300 g/mol. The van der Waals surface area contributed by atoms with Crippen molar-refractivity contribution in [1.82, 2.24) is 5.43 Å². The number of halogens is 1. The summed E-state index contributed by atoms with van der Waals surface area (Å²) in [6, 6.07) is 10.8. The van der Waals surface area contributed by atoms with Crippen molar-refractivity contribution in [2.75, 3.05) is 0 Å². The van der Waals surface area contributed by atoms with Crippen LogP contribution in [0.1, 0.15) is 32.6 Å². The summed E-state index contributed by atoms with van der Waals surface area (Å²) in [7, 11) is 0. The van der Waals surface area contributed by atoms with Gasteiger partial charge in [0.1, 0.15) is 0 Å². The number of aryl methyl sites for hydroxylation is 1. The maximum Gasteiger partial charge on any atom is 0.271 e. The number of amides is 1. The lowest BCUT2D eigenvalue weighted by Crippen LogP contribution is -2.17. The summed E-state index contributed by atoms with van der Waals surface area (Å²) in [5.74, 6) is -0.282. The molecule has 0 radical (unpaired) electrons. The Morgan fingerprint density at radius 3 is 2.62 bits per heavy atom. The quantitative estimate of drug-likeness (QED) is 0.675. The zero-order valence-corrected chi connectivity index (χ0v) is 13.0. The van der Waals surface area contributed by atoms with Crippen molar-refractivity contribution in [3.05, 3.63) is 69.2 Å². The predicted octanol–water partition coefficient (Wildman–Crippen LogP) is 4.03. The van der Waals surface area contributed by atoms with E-state index in [1.807, 2.05) is 19.1 Å². The highest BCUT2D eigenvalue weighted by Gasteiger charge is 2.05. The summed E-state index contributed by atoms with van der Waals surface area (Å²) in [4.78, 5) is 11.9. The van der Waals surface area contributed by atoms with E-state index in [0.29, 0.717) is 10.6 Å². The molecule has 0 saturated heterocycles. The van der Waals surface area contributed by atoms with Crippen LogP contribution in [0.25, 0.3) is 0 Å². The lowest BCUT2D eigenvalue weighted by Gasteiger charge is -2.07. The van der Waals surface area contributed by atoms with Crippen LogP contribution in [0.2, 0.25) is 5.02 Å². The largest absolute Gasteiger partial charge is 0.271 e. The van der Waals surface area contributed by atoms with Gasteiger partial charge in [0, 0.05) is 10.6 Å². The summed E-state index contributed by atoms with van der Waals surface area (Å²) in [5, 5.41) is 4.54. The second kappa shape index (κ2) is 6.55. The van der Waals surface area contributed by atoms with Crippen LogP contribution in [0.4, 0.5) is 0 Å². The molecule has 0 aliphatic heterocycles. The Hall–Kier alpha value is -2.13. The molecule has 0 heterocycles. The topological polar surface area (TPSA) is 41.5 Å². The molecule has 0 atom stereocenters. The molecule has 3 nitrogen and oxygen atoms in total. The van der Waals surface area contributed by atoms with Gasteiger partial charge in [-0.15, -0.1) is 0 Å². The third-order valence-corrected chi connectivity index (χ3v) is 3.79. The van der Waals surface area contributed by atoms with Crippen LogP contribution in [-0.2, 0) is 0 Å². The molecule has 4 heteroatoms. The van der Waals surface area contributed by atoms with Gasteiger partial charge in [0.2, 0.25) is 0 Å². The van der Waals surface area contributed by atoms with E-state index in [1.165, 1.54) is 11.1 Å². The minimum absolute atomic E-state index is 0.282. The minimum Gasteiger partial charge on any atom is -0.267 e. The first kappa shape index (κ1) is 15.3. The van der Waals surface area contributed by atoms with Gasteiger partial charge >= 0.3 is 0 Å². The minimum atomic E-state index is -0.282. The van der Waals surface area contributed by atoms with Gasteiger partial charge in [0.25, 0.3) is 5.91 Å². The van der Waals surface area contributed by atoms with E-state index in [2.05, 4.69) is 24.4 Å². The van der Waals surface area contributed by atoms with E-state index in [0.717, 1.165) is 11.1 Å². The summed E-state index contributed by atoms with van der Waals surface area (Å²) < 4.78 is 0. The Balaban J connectivity index is 2.09. The number of benzene rings is 2. The van der Waals surface area contributed by atoms with Crippen molar-refractivity contribution < 1.29 is 4.79 Å². The number of carbonyl (C=O) groups is 1. The number of rotatable bonds is 3. The first-order valence-electron chi connectivity index (χ1n) is 6.65. The van der Waals surface area contributed by atoms with Crippen molar-refractivity contribution in [3.8, 4) is 0 Å². The van der Waals surface area contributed by atoms with E-state index in [9.17, 15) is 4.79 Å². The summed E-state index contributed by atoms with van der Waals surface area (Å²) in [6.45, 7) is 6.19. The highest BCUT2D eigenvalue weighted by atomic mass is 35.5. The maximum atomic E-state index is 11.9. The first-order valence-corrected chi connectivity index (χ1v) is 7.02. The van der Waals surface area contributed by atoms with Gasteiger partial charge in [-0.05, 0) is 61.2 Å². The third kappa shape index (κ3) is 3.70. The van der Waals surface area contributed by atoms with E-state index < -0.39 is 0 Å². The average molecular weight is 301 g/mol. The molecular weight excluding hydrogens is 284 g/mol. The lowest BCUT2D eigenvalue weighted by atomic mass is 10.00. The number of carbonyl (C=O) groups excluding carboxylic acids is 1. The molecule has 0 spiro atoms. The Kier molecular flexibility index (Phi) is 4.76. The molecule has 2 rings (SSSR count). The van der Waals surface area contributed by atoms with Crippen LogP contribution in [-0.4, -0.2) is 12.1 Å². The molecule has 0 unspecified atom stereocenters. The normalized spacial score (nSPS) is 10.9. The zero-order chi connectivity index (χ0) is 15.4. The summed E-state index contributed by atoms with van der Waals surface area (Å²) in [5.41, 5.74) is 7.62. The fourth-order valence-electron chi connectivity index (χ4n) is 1.97. The predicted molar refractivity (Wildman–Crippen MR) is 87.2 cm³/mol. The molecule has 0 saturated carbocycles. The van der Waals surface area contributed by atoms with Crippen molar-refractivity contribution in [2.45, 2.75) is 20.8 Å². The Morgan fingerprint density at radius 1 is 1.14 bits per heavy atom. The van der Waals surface area contributed by atoms with Crippen molar-refractivity contribution in [1.29, 1.82) is 0 Å². The van der Waals surface area contributed by atoms with Crippen molar-refractivity contribution in [3.63, 3.8) is 0 Å². The highest BCUT2D eigenvalue weighted by molar-refractivity contribution is 6.30. The van der Waals surface area contributed by atoms with Crippen LogP contribution >= 0.6 is 11.6 Å². The van der Waals surface area contributed by atoms with Gasteiger partial charge in [0.05, 0.1) is 6.21 Å². The maximum absolute atomic E-state index is 11.9. The molecule has 0 aliphatic rings. The van der Waals surface area contributed by atoms with Crippen LogP contribution in [0.5, 0.6) is 0 Å². The van der Waals surface area contributed by atoms with Crippen LogP contribution in [0.15, 0.2) is 41.5 Å². The lowest BCUT2D eigenvalue weighted by molar-refractivity contribution is 0.0955. The van der Waals surface area contributed by atoms with Crippen molar-refractivity contribution in [2.24, 2.45) is 5.10 Å². The first-order chi connectivity index (χ1) is 9.99. The second-order valence-electron chi connectivity index (χ2n) is 4.93. The molecule has 0 aliphatic carbocycles. The molecule has 1 amide bonds.